The first-order valence-corrected chi connectivity index (χ1v) is 4.68. The van der Waals surface area contributed by atoms with E-state index in [1.807, 2.05) is 0 Å². The third kappa shape index (κ3) is 3.52. The van der Waals surface area contributed by atoms with Gasteiger partial charge in [0.05, 0.1) is 0 Å². The summed E-state index contributed by atoms with van der Waals surface area (Å²) in [5.74, 6) is -4.22. The number of rotatable bonds is 5. The molecule has 1 aromatic rings. The molecule has 0 spiro atoms. The average Bonchev–Trinajstić information content (AvgIpc) is 2.26. The maximum absolute atomic E-state index is 12.5. The summed E-state index contributed by atoms with van der Waals surface area (Å²) < 4.78 is 53.1. The van der Waals surface area contributed by atoms with E-state index in [0.717, 1.165) is 0 Å². The number of nitrogens with zero attached hydrogens (tertiary/aromatic N) is 2. The first-order chi connectivity index (χ1) is 7.86. The van der Waals surface area contributed by atoms with Gasteiger partial charge in [0.1, 0.15) is 0 Å². The summed E-state index contributed by atoms with van der Waals surface area (Å²) >= 11 is 0. The van der Waals surface area contributed by atoms with Crippen molar-refractivity contribution in [3.05, 3.63) is 17.5 Å². The van der Waals surface area contributed by atoms with Crippen molar-refractivity contribution in [1.82, 2.24) is 9.97 Å². The van der Waals surface area contributed by atoms with Crippen molar-refractivity contribution in [2.24, 2.45) is 5.73 Å². The predicted molar refractivity (Wildman–Crippen MR) is 51.1 cm³/mol. The van der Waals surface area contributed by atoms with E-state index in [9.17, 15) is 17.6 Å². The molecule has 0 bridgehead atoms. The first-order valence-electron chi connectivity index (χ1n) is 4.68. The Hall–Kier alpha value is -1.44. The van der Waals surface area contributed by atoms with E-state index in [1.54, 1.807) is 6.92 Å². The summed E-state index contributed by atoms with van der Waals surface area (Å²) in [6.07, 6.45) is -2.48. The number of halogens is 4. The minimum atomic E-state index is -4.22. The fourth-order valence-corrected chi connectivity index (χ4v) is 0.964. The molecule has 0 saturated heterocycles. The second-order valence-electron chi connectivity index (χ2n) is 3.32. The highest BCUT2D eigenvalue weighted by Gasteiger charge is 2.42. The van der Waals surface area contributed by atoms with Gasteiger partial charge in [0.15, 0.2) is 6.61 Å². The molecule has 17 heavy (non-hydrogen) atoms. The van der Waals surface area contributed by atoms with Crippen LogP contribution in [-0.2, 0) is 6.54 Å². The smallest absolute Gasteiger partial charge is 0.340 e. The van der Waals surface area contributed by atoms with Crippen LogP contribution in [0.1, 0.15) is 11.3 Å². The van der Waals surface area contributed by atoms with Gasteiger partial charge in [-0.1, -0.05) is 0 Å². The molecule has 0 fully saturated rings. The summed E-state index contributed by atoms with van der Waals surface area (Å²) in [6, 6.07) is -0.375. The van der Waals surface area contributed by atoms with Crippen molar-refractivity contribution in [3.63, 3.8) is 0 Å². The normalized spacial score (nSPS) is 11.9. The molecule has 1 heterocycles. The van der Waals surface area contributed by atoms with E-state index >= 15 is 0 Å². The number of aromatic nitrogens is 2. The van der Waals surface area contributed by atoms with Gasteiger partial charge in [-0.05, 0) is 6.92 Å². The van der Waals surface area contributed by atoms with Crippen molar-refractivity contribution >= 4 is 0 Å². The van der Waals surface area contributed by atoms with Gasteiger partial charge in [0, 0.05) is 24.0 Å². The molecule has 0 atom stereocenters. The van der Waals surface area contributed by atoms with Crippen molar-refractivity contribution in [1.29, 1.82) is 0 Å². The van der Waals surface area contributed by atoms with Gasteiger partial charge >= 0.3 is 18.4 Å². The minimum absolute atomic E-state index is 0.194. The Balaban J connectivity index is 2.67. The highest BCUT2D eigenvalue weighted by molar-refractivity contribution is 5.17. The Bertz CT molecular complexity index is 387. The maximum Gasteiger partial charge on any atom is 0.340 e. The molecule has 1 aromatic heterocycles. The number of hydrogen-bond donors (Lipinski definition) is 1. The summed E-state index contributed by atoms with van der Waals surface area (Å²) in [4.78, 5) is 7.30. The molecule has 4 nitrogen and oxygen atoms in total. The Morgan fingerprint density at radius 1 is 1.47 bits per heavy atom. The standard InChI is InChI=1S/C9H11F4N3O/c1-5-6(2-14)3-15-8(16-5)17-4-9(12,13)7(10)11/h3,7H,2,4,14H2,1H3. The maximum atomic E-state index is 12.5. The van der Waals surface area contributed by atoms with Gasteiger partial charge in [-0.2, -0.15) is 8.78 Å². The van der Waals surface area contributed by atoms with Gasteiger partial charge in [-0.15, -0.1) is 0 Å². The zero-order valence-corrected chi connectivity index (χ0v) is 8.96. The second kappa shape index (κ2) is 5.26. The molecule has 0 aliphatic rings. The van der Waals surface area contributed by atoms with Crippen molar-refractivity contribution in [2.45, 2.75) is 25.8 Å². The van der Waals surface area contributed by atoms with E-state index < -0.39 is 19.0 Å². The minimum Gasteiger partial charge on any atom is -0.457 e. The Kier molecular flexibility index (Phi) is 4.22. The van der Waals surface area contributed by atoms with Crippen LogP contribution in [0.4, 0.5) is 17.6 Å². The molecule has 1 rings (SSSR count). The van der Waals surface area contributed by atoms with Crippen LogP contribution < -0.4 is 10.5 Å². The zero-order chi connectivity index (χ0) is 13.1. The molecule has 96 valence electrons. The van der Waals surface area contributed by atoms with Gasteiger partial charge in [-0.25, -0.2) is 18.7 Å². The van der Waals surface area contributed by atoms with Crippen LogP contribution in [0.2, 0.25) is 0 Å². The van der Waals surface area contributed by atoms with Crippen molar-refractivity contribution in [2.75, 3.05) is 6.61 Å². The summed E-state index contributed by atoms with van der Waals surface area (Å²) in [6.45, 7) is 0.313. The fraction of sp³-hybridized carbons (Fsp3) is 0.556. The van der Waals surface area contributed by atoms with Gasteiger partial charge in [-0.3, -0.25) is 0 Å². The lowest BCUT2D eigenvalue weighted by atomic mass is 10.2. The van der Waals surface area contributed by atoms with E-state index in [4.69, 9.17) is 5.73 Å². The molecule has 2 N–H and O–H groups in total. The van der Waals surface area contributed by atoms with Crippen LogP contribution in [0.3, 0.4) is 0 Å². The van der Waals surface area contributed by atoms with Crippen LogP contribution in [0.5, 0.6) is 6.01 Å². The molecule has 8 heteroatoms. The Labute approximate surface area is 94.8 Å². The SMILES string of the molecule is Cc1nc(OCC(F)(F)C(F)F)ncc1CN. The van der Waals surface area contributed by atoms with E-state index in [0.29, 0.717) is 11.3 Å². The summed E-state index contributed by atoms with van der Waals surface area (Å²) in [5, 5.41) is 0. The molecular weight excluding hydrogens is 242 g/mol. The molecule has 0 aliphatic heterocycles. The molecule has 0 radical (unpaired) electrons. The first kappa shape index (κ1) is 13.6. The van der Waals surface area contributed by atoms with Crippen LogP contribution in [0.15, 0.2) is 6.20 Å². The number of ether oxygens (including phenoxy) is 1. The Morgan fingerprint density at radius 3 is 2.59 bits per heavy atom. The van der Waals surface area contributed by atoms with Gasteiger partial charge in [0.2, 0.25) is 0 Å². The third-order valence-corrected chi connectivity index (χ3v) is 1.99. The van der Waals surface area contributed by atoms with Crippen molar-refractivity contribution < 1.29 is 22.3 Å². The largest absolute Gasteiger partial charge is 0.457 e. The monoisotopic (exact) mass is 253 g/mol. The average molecular weight is 253 g/mol. The zero-order valence-electron chi connectivity index (χ0n) is 8.96. The van der Waals surface area contributed by atoms with Crippen LogP contribution in [0.25, 0.3) is 0 Å². The van der Waals surface area contributed by atoms with Crippen LogP contribution >= 0.6 is 0 Å². The third-order valence-electron chi connectivity index (χ3n) is 1.99. The number of aryl methyl sites for hydroxylation is 1. The highest BCUT2D eigenvalue weighted by atomic mass is 19.3. The Morgan fingerprint density at radius 2 is 2.12 bits per heavy atom. The fourth-order valence-electron chi connectivity index (χ4n) is 0.964. The molecule has 0 amide bonds. The van der Waals surface area contributed by atoms with E-state index in [2.05, 4.69) is 14.7 Å². The highest BCUT2D eigenvalue weighted by Crippen LogP contribution is 2.23. The molecule has 0 aliphatic carbocycles. The topological polar surface area (TPSA) is 61.0 Å². The quantitative estimate of drug-likeness (QED) is 0.808. The number of hydrogen-bond acceptors (Lipinski definition) is 4. The lowest BCUT2D eigenvalue weighted by Crippen LogP contribution is -2.34. The molecule has 0 aromatic carbocycles. The van der Waals surface area contributed by atoms with Crippen LogP contribution in [0, 0.1) is 6.92 Å². The van der Waals surface area contributed by atoms with E-state index in [-0.39, 0.29) is 12.6 Å². The summed E-state index contributed by atoms with van der Waals surface area (Å²) in [5.41, 5.74) is 6.42. The van der Waals surface area contributed by atoms with Crippen molar-refractivity contribution in [3.8, 4) is 6.01 Å². The van der Waals surface area contributed by atoms with Gasteiger partial charge in [0.25, 0.3) is 0 Å². The number of alkyl halides is 4. The lowest BCUT2D eigenvalue weighted by molar-refractivity contribution is -0.149. The van der Waals surface area contributed by atoms with Crippen LogP contribution in [-0.4, -0.2) is 28.9 Å². The number of nitrogens with two attached hydrogens (primary N) is 1. The summed E-state index contributed by atoms with van der Waals surface area (Å²) in [7, 11) is 0. The second-order valence-corrected chi connectivity index (χ2v) is 3.32. The molecular formula is C9H11F4N3O. The molecule has 0 unspecified atom stereocenters. The van der Waals surface area contributed by atoms with E-state index in [1.165, 1.54) is 6.20 Å². The predicted octanol–water partition coefficient (Wildman–Crippen LogP) is 1.52. The van der Waals surface area contributed by atoms with Gasteiger partial charge < -0.3 is 10.5 Å². The molecule has 0 saturated carbocycles. The lowest BCUT2D eigenvalue weighted by Gasteiger charge is -2.15.